The van der Waals surface area contributed by atoms with Crippen LogP contribution in [0.25, 0.3) is 0 Å². The van der Waals surface area contributed by atoms with Crippen molar-refractivity contribution in [2.24, 2.45) is 0 Å². The lowest BCUT2D eigenvalue weighted by Crippen LogP contribution is -2.63. The van der Waals surface area contributed by atoms with Crippen LogP contribution in [0.1, 0.15) is 23.7 Å². The minimum Gasteiger partial charge on any atom is -0.386 e. The number of hydrogen-bond acceptors (Lipinski definition) is 3. The molecule has 2 N–H and O–H groups in total. The molecule has 2 aromatic rings. The number of carbonyl (C=O) groups is 1. The molecule has 0 bridgehead atoms. The average Bonchev–Trinajstić information content (AvgIpc) is 2.57. The Bertz CT molecular complexity index is 870. The Kier molecular flexibility index (Phi) is 5.16. The first-order chi connectivity index (χ1) is 12.2. The van der Waals surface area contributed by atoms with Crippen molar-refractivity contribution in [3.05, 3.63) is 56.9 Å². The number of rotatable bonds is 4. The lowest BCUT2D eigenvalue weighted by molar-refractivity contribution is -0.0826. The van der Waals surface area contributed by atoms with E-state index in [2.05, 4.69) is 5.32 Å². The zero-order valence-electron chi connectivity index (χ0n) is 13.8. The van der Waals surface area contributed by atoms with Crippen LogP contribution in [0.4, 0.5) is 24.5 Å². The first-order valence-corrected chi connectivity index (χ1v) is 9.03. The molecule has 0 saturated carbocycles. The number of likely N-dealkylation sites (tertiary alicyclic amines) is 1. The van der Waals surface area contributed by atoms with E-state index in [1.54, 1.807) is 13.0 Å². The maximum absolute atomic E-state index is 14.3. The molecule has 1 heterocycles. The molecular weight excluding hydrogens is 460 g/mol. The monoisotopic (exact) mass is 476 g/mol. The predicted octanol–water partition coefficient (Wildman–Crippen LogP) is 4.05. The number of aliphatic hydroxyl groups is 1. The summed E-state index contributed by atoms with van der Waals surface area (Å²) >= 11 is 1.92. The van der Waals surface area contributed by atoms with Crippen molar-refractivity contribution >= 4 is 39.9 Å². The summed E-state index contributed by atoms with van der Waals surface area (Å²) in [7, 11) is 0. The second kappa shape index (κ2) is 7.07. The summed E-state index contributed by atoms with van der Waals surface area (Å²) in [5.41, 5.74) is -1.58. The van der Waals surface area contributed by atoms with Crippen molar-refractivity contribution in [2.75, 3.05) is 18.4 Å². The van der Waals surface area contributed by atoms with Gasteiger partial charge in [-0.25, -0.2) is 13.2 Å². The summed E-state index contributed by atoms with van der Waals surface area (Å²) in [6, 6.07) is 6.22. The fourth-order valence-electron chi connectivity index (χ4n) is 2.78. The smallest absolute Gasteiger partial charge is 0.256 e. The van der Waals surface area contributed by atoms with E-state index >= 15 is 0 Å². The van der Waals surface area contributed by atoms with E-state index < -0.39 is 34.6 Å². The minimum atomic E-state index is -1.26. The van der Waals surface area contributed by atoms with Crippen molar-refractivity contribution in [3.63, 3.8) is 0 Å². The fourth-order valence-corrected chi connectivity index (χ4v) is 3.23. The summed E-state index contributed by atoms with van der Waals surface area (Å²) in [6.07, 6.45) is 0.480. The number of carbonyl (C=O) groups excluding carboxylic acids is 1. The lowest BCUT2D eigenvalue weighted by Gasteiger charge is -2.46. The van der Waals surface area contributed by atoms with Gasteiger partial charge in [-0.1, -0.05) is 6.92 Å². The molecule has 1 fully saturated rings. The first kappa shape index (κ1) is 19.0. The second-order valence-corrected chi connectivity index (χ2v) is 7.52. The Balaban J connectivity index is 1.94. The Labute approximate surface area is 162 Å². The van der Waals surface area contributed by atoms with Crippen molar-refractivity contribution in [1.82, 2.24) is 4.90 Å². The van der Waals surface area contributed by atoms with Gasteiger partial charge in [0.05, 0.1) is 35.6 Å². The highest BCUT2D eigenvalue weighted by Crippen LogP contribution is 2.32. The van der Waals surface area contributed by atoms with Crippen molar-refractivity contribution < 1.29 is 23.1 Å². The lowest BCUT2D eigenvalue weighted by atomic mass is 9.90. The maximum atomic E-state index is 14.3. The van der Waals surface area contributed by atoms with E-state index in [1.807, 2.05) is 22.6 Å². The molecular formula is C18H16F3IN2O2. The molecule has 0 radical (unpaired) electrons. The van der Waals surface area contributed by atoms with Crippen LogP contribution in [0.15, 0.2) is 30.3 Å². The number of hydrogen-bond donors (Lipinski definition) is 2. The van der Waals surface area contributed by atoms with Crippen LogP contribution in [0.3, 0.4) is 0 Å². The van der Waals surface area contributed by atoms with E-state index in [9.17, 15) is 23.1 Å². The van der Waals surface area contributed by atoms with E-state index in [-0.39, 0.29) is 24.3 Å². The predicted molar refractivity (Wildman–Crippen MR) is 99.9 cm³/mol. The molecule has 0 spiro atoms. The third kappa shape index (κ3) is 3.52. The summed E-state index contributed by atoms with van der Waals surface area (Å²) in [6.45, 7) is 2.02. The van der Waals surface area contributed by atoms with E-state index in [0.717, 1.165) is 12.1 Å². The molecule has 1 aliphatic rings. The largest absolute Gasteiger partial charge is 0.386 e. The van der Waals surface area contributed by atoms with E-state index in [1.165, 1.54) is 17.0 Å². The zero-order chi connectivity index (χ0) is 19.1. The number of amides is 1. The Morgan fingerprint density at radius 1 is 1.23 bits per heavy atom. The van der Waals surface area contributed by atoms with Crippen LogP contribution in [0, 0.1) is 21.0 Å². The van der Waals surface area contributed by atoms with Gasteiger partial charge < -0.3 is 15.3 Å². The second-order valence-electron chi connectivity index (χ2n) is 6.27. The van der Waals surface area contributed by atoms with Crippen LogP contribution < -0.4 is 5.32 Å². The summed E-state index contributed by atoms with van der Waals surface area (Å²) < 4.78 is 42.7. The van der Waals surface area contributed by atoms with Gasteiger partial charge in [0, 0.05) is 3.57 Å². The molecule has 138 valence electrons. The van der Waals surface area contributed by atoms with Gasteiger partial charge in [-0.15, -0.1) is 0 Å². The Morgan fingerprint density at radius 3 is 2.54 bits per heavy atom. The fraction of sp³-hybridized carbons (Fsp3) is 0.278. The molecule has 2 aromatic carbocycles. The number of benzene rings is 2. The summed E-state index contributed by atoms with van der Waals surface area (Å²) in [4.78, 5) is 14.0. The van der Waals surface area contributed by atoms with Crippen LogP contribution in [-0.4, -0.2) is 34.6 Å². The van der Waals surface area contributed by atoms with Gasteiger partial charge in [0.15, 0.2) is 11.6 Å². The number of nitrogens with one attached hydrogen (secondary N) is 1. The SMILES string of the molecule is CCC1(O)CN(C(=O)c2ccc(F)c(F)c2Nc2ccc(I)cc2F)C1. The van der Waals surface area contributed by atoms with Gasteiger partial charge in [0.2, 0.25) is 0 Å². The van der Waals surface area contributed by atoms with Gasteiger partial charge >= 0.3 is 0 Å². The summed E-state index contributed by atoms with van der Waals surface area (Å²) in [5.74, 6) is -3.62. The minimum absolute atomic E-state index is 0.0716. The van der Waals surface area contributed by atoms with Gasteiger partial charge in [0.1, 0.15) is 5.82 Å². The molecule has 0 aliphatic carbocycles. The molecule has 0 aromatic heterocycles. The number of halogens is 4. The third-order valence-corrected chi connectivity index (χ3v) is 5.10. The van der Waals surface area contributed by atoms with Crippen LogP contribution in [-0.2, 0) is 0 Å². The van der Waals surface area contributed by atoms with Crippen molar-refractivity contribution in [2.45, 2.75) is 18.9 Å². The van der Waals surface area contributed by atoms with E-state index in [0.29, 0.717) is 9.99 Å². The number of nitrogens with zero attached hydrogens (tertiary/aromatic N) is 1. The average molecular weight is 476 g/mol. The molecule has 8 heteroatoms. The summed E-state index contributed by atoms with van der Waals surface area (Å²) in [5, 5.41) is 12.5. The molecule has 26 heavy (non-hydrogen) atoms. The molecule has 1 amide bonds. The Morgan fingerprint density at radius 2 is 1.92 bits per heavy atom. The normalized spacial score (nSPS) is 15.5. The van der Waals surface area contributed by atoms with Gasteiger partial charge in [-0.2, -0.15) is 0 Å². The molecule has 4 nitrogen and oxygen atoms in total. The quantitative estimate of drug-likeness (QED) is 0.656. The van der Waals surface area contributed by atoms with Gasteiger partial charge in [0.25, 0.3) is 5.91 Å². The topological polar surface area (TPSA) is 52.6 Å². The molecule has 1 aliphatic heterocycles. The Hall–Kier alpha value is -1.81. The van der Waals surface area contributed by atoms with Crippen LogP contribution in [0.5, 0.6) is 0 Å². The standard InChI is InChI=1S/C18H16F3IN2O2/c1-2-18(26)8-24(9-18)17(25)11-4-5-12(19)15(21)16(11)23-14-6-3-10(22)7-13(14)20/h3-7,23,26H,2,8-9H2,1H3. The number of β-amino-alcohol motifs (C(OH)–C–C–N with tert-alkyl or cyclic N) is 1. The van der Waals surface area contributed by atoms with E-state index in [4.69, 9.17) is 0 Å². The van der Waals surface area contributed by atoms with Crippen LogP contribution in [0.2, 0.25) is 0 Å². The van der Waals surface area contributed by atoms with Crippen molar-refractivity contribution in [1.29, 1.82) is 0 Å². The first-order valence-electron chi connectivity index (χ1n) is 7.96. The number of anilines is 2. The highest BCUT2D eigenvalue weighted by Gasteiger charge is 2.43. The molecule has 0 unspecified atom stereocenters. The molecule has 3 rings (SSSR count). The van der Waals surface area contributed by atoms with Crippen molar-refractivity contribution in [3.8, 4) is 0 Å². The van der Waals surface area contributed by atoms with Gasteiger partial charge in [-0.3, -0.25) is 4.79 Å². The third-order valence-electron chi connectivity index (χ3n) is 4.43. The molecule has 0 atom stereocenters. The highest BCUT2D eigenvalue weighted by molar-refractivity contribution is 14.1. The molecule has 1 saturated heterocycles. The van der Waals surface area contributed by atoms with Gasteiger partial charge in [-0.05, 0) is 59.3 Å². The highest BCUT2D eigenvalue weighted by atomic mass is 127. The zero-order valence-corrected chi connectivity index (χ0v) is 16.0. The maximum Gasteiger partial charge on any atom is 0.256 e. The van der Waals surface area contributed by atoms with Crippen LogP contribution >= 0.6 is 22.6 Å².